The quantitative estimate of drug-likeness (QED) is 0.191. The number of hydrogen-bond donors (Lipinski definition) is 3. The molecule has 7 heteroatoms. The highest BCUT2D eigenvalue weighted by Crippen LogP contribution is 2.12. The Bertz CT molecular complexity index is 700. The summed E-state index contributed by atoms with van der Waals surface area (Å²) in [5.41, 5.74) is 1.80. The first-order chi connectivity index (χ1) is 13.2. The van der Waals surface area contributed by atoms with E-state index in [1.807, 2.05) is 24.3 Å². The molecular weight excluding hydrogens is 467 g/mol. The van der Waals surface area contributed by atoms with Crippen LogP contribution in [-0.2, 0) is 6.54 Å². The molecule has 0 saturated heterocycles. The van der Waals surface area contributed by atoms with E-state index in [1.165, 1.54) is 25.5 Å². The van der Waals surface area contributed by atoms with Gasteiger partial charge in [0.25, 0.3) is 5.91 Å². The van der Waals surface area contributed by atoms with Crippen LogP contribution in [0.15, 0.2) is 52.1 Å². The van der Waals surface area contributed by atoms with Crippen molar-refractivity contribution in [1.82, 2.24) is 10.6 Å². The van der Waals surface area contributed by atoms with Crippen molar-refractivity contribution in [2.75, 3.05) is 18.4 Å². The van der Waals surface area contributed by atoms with Gasteiger partial charge in [0, 0.05) is 18.8 Å². The standard InChI is InChI=1S/C21H30N4O2.HI/c1-3-5-6-7-14-23-21(22-4-2)24-16-17-10-12-18(13-11-17)25-20(26)19-9-8-15-27-19;/h8-13,15H,3-7,14,16H2,1-2H3,(H,25,26)(H2,22,23,24);1H. The average Bonchev–Trinajstić information content (AvgIpc) is 3.22. The van der Waals surface area contributed by atoms with Gasteiger partial charge in [-0.1, -0.05) is 38.3 Å². The summed E-state index contributed by atoms with van der Waals surface area (Å²) < 4.78 is 5.09. The van der Waals surface area contributed by atoms with Gasteiger partial charge in [-0.05, 0) is 43.2 Å². The summed E-state index contributed by atoms with van der Waals surface area (Å²) >= 11 is 0. The molecule has 1 aromatic heterocycles. The highest BCUT2D eigenvalue weighted by Gasteiger charge is 2.08. The lowest BCUT2D eigenvalue weighted by molar-refractivity contribution is 0.0996. The lowest BCUT2D eigenvalue weighted by Gasteiger charge is -2.11. The van der Waals surface area contributed by atoms with Crippen LogP contribution in [0.5, 0.6) is 0 Å². The first-order valence-electron chi connectivity index (χ1n) is 9.69. The van der Waals surface area contributed by atoms with Gasteiger partial charge in [-0.25, -0.2) is 4.99 Å². The van der Waals surface area contributed by atoms with Crippen molar-refractivity contribution < 1.29 is 9.21 Å². The molecule has 1 amide bonds. The lowest BCUT2D eigenvalue weighted by atomic mass is 10.2. The van der Waals surface area contributed by atoms with E-state index in [4.69, 9.17) is 4.42 Å². The van der Waals surface area contributed by atoms with Crippen LogP contribution in [0.1, 0.15) is 55.6 Å². The summed E-state index contributed by atoms with van der Waals surface area (Å²) in [5, 5.41) is 9.45. The Morgan fingerprint density at radius 2 is 1.82 bits per heavy atom. The number of nitrogens with zero attached hydrogens (tertiary/aromatic N) is 1. The second-order valence-corrected chi connectivity index (χ2v) is 6.31. The Morgan fingerprint density at radius 3 is 2.46 bits per heavy atom. The largest absolute Gasteiger partial charge is 0.459 e. The van der Waals surface area contributed by atoms with Crippen LogP contribution in [0.2, 0.25) is 0 Å². The minimum absolute atomic E-state index is 0. The van der Waals surface area contributed by atoms with E-state index >= 15 is 0 Å². The van der Waals surface area contributed by atoms with E-state index in [0.29, 0.717) is 12.3 Å². The summed E-state index contributed by atoms with van der Waals surface area (Å²) in [6.45, 7) is 6.62. The number of carbonyl (C=O) groups excluding carboxylic acids is 1. The van der Waals surface area contributed by atoms with Gasteiger partial charge in [-0.2, -0.15) is 0 Å². The molecule has 6 nitrogen and oxygen atoms in total. The molecule has 0 fully saturated rings. The highest BCUT2D eigenvalue weighted by atomic mass is 127. The first kappa shape index (κ1) is 24.0. The highest BCUT2D eigenvalue weighted by molar-refractivity contribution is 14.0. The third-order valence-corrected chi connectivity index (χ3v) is 4.04. The van der Waals surface area contributed by atoms with Crippen molar-refractivity contribution in [3.63, 3.8) is 0 Å². The van der Waals surface area contributed by atoms with Crippen LogP contribution in [0.25, 0.3) is 0 Å². The molecule has 2 aromatic rings. The van der Waals surface area contributed by atoms with E-state index in [-0.39, 0.29) is 29.9 Å². The average molecular weight is 498 g/mol. The van der Waals surface area contributed by atoms with Gasteiger partial charge in [0.15, 0.2) is 11.7 Å². The maximum atomic E-state index is 12.0. The molecule has 0 spiro atoms. The van der Waals surface area contributed by atoms with E-state index in [1.54, 1.807) is 12.1 Å². The Morgan fingerprint density at radius 1 is 1.04 bits per heavy atom. The van der Waals surface area contributed by atoms with Gasteiger partial charge < -0.3 is 20.4 Å². The number of unbranched alkanes of at least 4 members (excludes halogenated alkanes) is 3. The predicted molar refractivity (Wildman–Crippen MR) is 125 cm³/mol. The number of rotatable bonds is 10. The predicted octanol–water partition coefficient (Wildman–Crippen LogP) is 4.79. The number of furan rings is 1. The monoisotopic (exact) mass is 498 g/mol. The lowest BCUT2D eigenvalue weighted by Crippen LogP contribution is -2.37. The number of carbonyl (C=O) groups is 1. The van der Waals surface area contributed by atoms with Crippen molar-refractivity contribution in [2.45, 2.75) is 46.1 Å². The SMILES string of the molecule is CCCCCCNC(=NCc1ccc(NC(=O)c2ccco2)cc1)NCC.I. The molecule has 2 rings (SSSR count). The van der Waals surface area contributed by atoms with E-state index < -0.39 is 0 Å². The molecule has 0 atom stereocenters. The normalized spacial score (nSPS) is 10.9. The van der Waals surface area contributed by atoms with Crippen LogP contribution >= 0.6 is 24.0 Å². The number of guanidine groups is 1. The molecule has 0 bridgehead atoms. The molecule has 0 aliphatic rings. The number of benzene rings is 1. The van der Waals surface area contributed by atoms with Gasteiger partial charge in [0.1, 0.15) is 0 Å². The fraction of sp³-hybridized carbons (Fsp3) is 0.429. The number of aliphatic imine (C=N–C) groups is 1. The minimum atomic E-state index is -0.257. The van der Waals surface area contributed by atoms with E-state index in [9.17, 15) is 4.79 Å². The van der Waals surface area contributed by atoms with Gasteiger partial charge in [-0.3, -0.25) is 4.79 Å². The zero-order valence-corrected chi connectivity index (χ0v) is 19.0. The zero-order valence-electron chi connectivity index (χ0n) is 16.7. The zero-order chi connectivity index (χ0) is 19.3. The van der Waals surface area contributed by atoms with Crippen LogP contribution in [0.3, 0.4) is 0 Å². The molecule has 3 N–H and O–H groups in total. The van der Waals surface area contributed by atoms with E-state index in [0.717, 1.165) is 36.7 Å². The van der Waals surface area contributed by atoms with E-state index in [2.05, 4.69) is 34.8 Å². The number of amides is 1. The van der Waals surface area contributed by atoms with Crippen LogP contribution in [-0.4, -0.2) is 25.0 Å². The van der Waals surface area contributed by atoms with Crippen molar-refractivity contribution in [1.29, 1.82) is 0 Å². The molecule has 154 valence electrons. The number of anilines is 1. The molecular formula is C21H31IN4O2. The summed E-state index contributed by atoms with van der Waals surface area (Å²) in [5.74, 6) is 0.876. The maximum absolute atomic E-state index is 12.0. The molecule has 28 heavy (non-hydrogen) atoms. The topological polar surface area (TPSA) is 78.7 Å². The fourth-order valence-electron chi connectivity index (χ4n) is 2.56. The van der Waals surface area contributed by atoms with Gasteiger partial charge >= 0.3 is 0 Å². The van der Waals surface area contributed by atoms with Gasteiger partial charge in [0.2, 0.25) is 0 Å². The summed E-state index contributed by atoms with van der Waals surface area (Å²) in [7, 11) is 0. The van der Waals surface area contributed by atoms with Gasteiger partial charge in [0.05, 0.1) is 12.8 Å². The second kappa shape index (κ2) is 14.0. The summed E-state index contributed by atoms with van der Waals surface area (Å²) in [6.07, 6.45) is 6.40. The van der Waals surface area contributed by atoms with Crippen molar-refractivity contribution in [3.05, 3.63) is 54.0 Å². The van der Waals surface area contributed by atoms with Gasteiger partial charge in [-0.15, -0.1) is 24.0 Å². The van der Waals surface area contributed by atoms with Crippen molar-refractivity contribution in [2.24, 2.45) is 4.99 Å². The fourth-order valence-corrected chi connectivity index (χ4v) is 2.56. The molecule has 0 radical (unpaired) electrons. The van der Waals surface area contributed by atoms with Crippen LogP contribution in [0.4, 0.5) is 5.69 Å². The first-order valence-corrected chi connectivity index (χ1v) is 9.69. The third-order valence-electron chi connectivity index (χ3n) is 4.04. The molecule has 1 heterocycles. The Kier molecular flexibility index (Phi) is 12.0. The van der Waals surface area contributed by atoms with Crippen molar-refractivity contribution >= 4 is 41.5 Å². The van der Waals surface area contributed by atoms with Crippen LogP contribution in [0, 0.1) is 0 Å². The second-order valence-electron chi connectivity index (χ2n) is 6.31. The number of halogens is 1. The molecule has 1 aromatic carbocycles. The Labute approximate surface area is 184 Å². The molecule has 0 aliphatic carbocycles. The van der Waals surface area contributed by atoms with Crippen molar-refractivity contribution in [3.8, 4) is 0 Å². The maximum Gasteiger partial charge on any atom is 0.291 e. The number of hydrogen-bond acceptors (Lipinski definition) is 3. The third kappa shape index (κ3) is 8.77. The summed E-state index contributed by atoms with van der Waals surface area (Å²) in [6, 6.07) is 11.0. The summed E-state index contributed by atoms with van der Waals surface area (Å²) in [4.78, 5) is 16.6. The smallest absolute Gasteiger partial charge is 0.291 e. The molecule has 0 saturated carbocycles. The molecule has 0 aliphatic heterocycles. The minimum Gasteiger partial charge on any atom is -0.459 e. The Balaban J connectivity index is 0.00000392. The molecule has 0 unspecified atom stereocenters. The Hall–Kier alpha value is -2.03. The van der Waals surface area contributed by atoms with Crippen LogP contribution < -0.4 is 16.0 Å². The number of nitrogens with one attached hydrogen (secondary N) is 3.